The molecule has 0 aromatic heterocycles. The summed E-state index contributed by atoms with van der Waals surface area (Å²) in [6.45, 7) is 5.23. The maximum atomic E-state index is 12.5. The molecule has 6 heteroatoms. The highest BCUT2D eigenvalue weighted by atomic mass is 19.4. The predicted molar refractivity (Wildman–Crippen MR) is 78.2 cm³/mol. The van der Waals surface area contributed by atoms with Crippen LogP contribution in [0.5, 0.6) is 0 Å². The quantitative estimate of drug-likeness (QED) is 0.899. The number of halogens is 3. The molecule has 0 bridgehead atoms. The smallest absolute Gasteiger partial charge is 0.349 e. The second-order valence-electron chi connectivity index (χ2n) is 6.16. The summed E-state index contributed by atoms with van der Waals surface area (Å²) in [4.78, 5) is 12.4. The summed E-state index contributed by atoms with van der Waals surface area (Å²) in [5.74, 6) is -0.0629. The second-order valence-corrected chi connectivity index (χ2v) is 6.16. The van der Waals surface area contributed by atoms with E-state index in [1.54, 1.807) is 6.92 Å². The van der Waals surface area contributed by atoms with E-state index in [0.717, 1.165) is 31.5 Å². The third-order valence-electron chi connectivity index (χ3n) is 4.23. The fourth-order valence-electron chi connectivity index (χ4n) is 2.67. The predicted octanol–water partition coefficient (Wildman–Crippen LogP) is 3.27. The average Bonchev–Trinajstić information content (AvgIpc) is 2.47. The SMILES string of the molecule is CC(NC(=O)C1(C)CCCNC1)c1ccc(C(F)(F)F)cc1. The van der Waals surface area contributed by atoms with Gasteiger partial charge in [0.1, 0.15) is 0 Å². The largest absolute Gasteiger partial charge is 0.416 e. The monoisotopic (exact) mass is 314 g/mol. The lowest BCUT2D eigenvalue weighted by atomic mass is 9.81. The summed E-state index contributed by atoms with van der Waals surface area (Å²) in [7, 11) is 0. The summed E-state index contributed by atoms with van der Waals surface area (Å²) in [6, 6.07) is 4.59. The van der Waals surface area contributed by atoms with Gasteiger partial charge in [0.2, 0.25) is 5.91 Å². The van der Waals surface area contributed by atoms with Crippen LogP contribution in [0.2, 0.25) is 0 Å². The fourth-order valence-corrected chi connectivity index (χ4v) is 2.67. The van der Waals surface area contributed by atoms with Gasteiger partial charge in [0, 0.05) is 6.54 Å². The van der Waals surface area contributed by atoms with Crippen LogP contribution in [0.4, 0.5) is 13.2 Å². The molecule has 0 spiro atoms. The Hall–Kier alpha value is -1.56. The van der Waals surface area contributed by atoms with Crippen LogP contribution in [-0.4, -0.2) is 19.0 Å². The number of alkyl halides is 3. The van der Waals surface area contributed by atoms with Crippen molar-refractivity contribution in [3.63, 3.8) is 0 Å². The Morgan fingerprint density at radius 2 is 1.95 bits per heavy atom. The van der Waals surface area contributed by atoms with Crippen LogP contribution in [-0.2, 0) is 11.0 Å². The van der Waals surface area contributed by atoms with Crippen molar-refractivity contribution in [3.8, 4) is 0 Å². The number of hydrogen-bond acceptors (Lipinski definition) is 2. The van der Waals surface area contributed by atoms with Gasteiger partial charge in [-0.3, -0.25) is 4.79 Å². The molecular weight excluding hydrogens is 293 g/mol. The van der Waals surface area contributed by atoms with Crippen molar-refractivity contribution < 1.29 is 18.0 Å². The number of hydrogen-bond donors (Lipinski definition) is 2. The first-order chi connectivity index (χ1) is 10.2. The summed E-state index contributed by atoms with van der Waals surface area (Å²) >= 11 is 0. The highest BCUT2D eigenvalue weighted by Crippen LogP contribution is 2.30. The highest BCUT2D eigenvalue weighted by Gasteiger charge is 2.35. The molecule has 2 rings (SSSR count). The van der Waals surface area contributed by atoms with Gasteiger partial charge in [-0.25, -0.2) is 0 Å². The number of benzene rings is 1. The van der Waals surface area contributed by atoms with Crippen molar-refractivity contribution in [2.45, 2.75) is 38.9 Å². The third kappa shape index (κ3) is 3.80. The van der Waals surface area contributed by atoms with E-state index in [2.05, 4.69) is 10.6 Å². The maximum Gasteiger partial charge on any atom is 0.416 e. The molecule has 0 saturated carbocycles. The Bertz CT molecular complexity index is 519. The number of amides is 1. The zero-order valence-corrected chi connectivity index (χ0v) is 12.8. The number of nitrogens with one attached hydrogen (secondary N) is 2. The second kappa shape index (κ2) is 6.28. The van der Waals surface area contributed by atoms with E-state index in [-0.39, 0.29) is 11.9 Å². The molecule has 1 heterocycles. The first-order valence-electron chi connectivity index (χ1n) is 7.41. The Morgan fingerprint density at radius 1 is 1.32 bits per heavy atom. The molecule has 2 unspecified atom stereocenters. The lowest BCUT2D eigenvalue weighted by molar-refractivity contribution is -0.137. The minimum Gasteiger partial charge on any atom is -0.349 e. The minimum absolute atomic E-state index is 0.0629. The van der Waals surface area contributed by atoms with Crippen LogP contribution in [0.3, 0.4) is 0 Å². The number of piperidine rings is 1. The Morgan fingerprint density at radius 3 is 2.45 bits per heavy atom. The fraction of sp³-hybridized carbons (Fsp3) is 0.562. The van der Waals surface area contributed by atoms with E-state index in [0.29, 0.717) is 12.1 Å². The van der Waals surface area contributed by atoms with Gasteiger partial charge in [0.15, 0.2) is 0 Å². The molecule has 1 aliphatic rings. The maximum absolute atomic E-state index is 12.5. The molecule has 1 aliphatic heterocycles. The van der Waals surface area contributed by atoms with Crippen LogP contribution in [0.25, 0.3) is 0 Å². The van der Waals surface area contributed by atoms with Crippen LogP contribution < -0.4 is 10.6 Å². The van der Waals surface area contributed by atoms with Gasteiger partial charge in [0.25, 0.3) is 0 Å². The molecule has 1 aromatic carbocycles. The van der Waals surface area contributed by atoms with Gasteiger partial charge < -0.3 is 10.6 Å². The molecule has 2 N–H and O–H groups in total. The van der Waals surface area contributed by atoms with Crippen molar-refractivity contribution >= 4 is 5.91 Å². The lowest BCUT2D eigenvalue weighted by Gasteiger charge is -2.33. The Labute approximate surface area is 128 Å². The van der Waals surface area contributed by atoms with Crippen molar-refractivity contribution in [2.75, 3.05) is 13.1 Å². The van der Waals surface area contributed by atoms with Crippen molar-refractivity contribution in [1.82, 2.24) is 10.6 Å². The van der Waals surface area contributed by atoms with E-state index in [1.807, 2.05) is 6.92 Å². The van der Waals surface area contributed by atoms with Gasteiger partial charge in [-0.15, -0.1) is 0 Å². The molecule has 1 amide bonds. The van der Waals surface area contributed by atoms with E-state index in [1.165, 1.54) is 12.1 Å². The summed E-state index contributed by atoms with van der Waals surface area (Å²) < 4.78 is 37.6. The van der Waals surface area contributed by atoms with Gasteiger partial charge in [-0.05, 0) is 50.9 Å². The van der Waals surface area contributed by atoms with Crippen LogP contribution in [0.15, 0.2) is 24.3 Å². The topological polar surface area (TPSA) is 41.1 Å². The van der Waals surface area contributed by atoms with Crippen molar-refractivity contribution in [3.05, 3.63) is 35.4 Å². The molecule has 122 valence electrons. The molecule has 1 aromatic rings. The lowest BCUT2D eigenvalue weighted by Crippen LogP contribution is -2.49. The van der Waals surface area contributed by atoms with Crippen LogP contribution in [0, 0.1) is 5.41 Å². The summed E-state index contributed by atoms with van der Waals surface area (Å²) in [6.07, 6.45) is -2.59. The standard InChI is InChI=1S/C16H21F3N2O/c1-11(12-4-6-13(7-5-12)16(17,18)19)21-14(22)15(2)8-3-9-20-10-15/h4-7,11,20H,3,8-10H2,1-2H3,(H,21,22). The minimum atomic E-state index is -4.34. The summed E-state index contributed by atoms with van der Waals surface area (Å²) in [5.41, 5.74) is -0.481. The highest BCUT2D eigenvalue weighted by molar-refractivity contribution is 5.83. The molecule has 0 radical (unpaired) electrons. The zero-order chi connectivity index (χ0) is 16.4. The number of carbonyl (C=O) groups is 1. The number of rotatable bonds is 3. The van der Waals surface area contributed by atoms with E-state index >= 15 is 0 Å². The zero-order valence-electron chi connectivity index (χ0n) is 12.8. The molecule has 1 fully saturated rings. The van der Waals surface area contributed by atoms with E-state index in [9.17, 15) is 18.0 Å². The molecule has 1 saturated heterocycles. The van der Waals surface area contributed by atoms with Gasteiger partial charge >= 0.3 is 6.18 Å². The van der Waals surface area contributed by atoms with Crippen molar-refractivity contribution in [1.29, 1.82) is 0 Å². The van der Waals surface area contributed by atoms with Crippen molar-refractivity contribution in [2.24, 2.45) is 5.41 Å². The molecule has 22 heavy (non-hydrogen) atoms. The molecule has 0 aliphatic carbocycles. The third-order valence-corrected chi connectivity index (χ3v) is 4.23. The van der Waals surface area contributed by atoms with Crippen LogP contribution >= 0.6 is 0 Å². The normalized spacial score (nSPS) is 23.9. The number of carbonyl (C=O) groups excluding carboxylic acids is 1. The molecular formula is C16H21F3N2O. The molecule has 2 atom stereocenters. The van der Waals surface area contributed by atoms with E-state index < -0.39 is 17.2 Å². The van der Waals surface area contributed by atoms with Gasteiger partial charge in [-0.1, -0.05) is 12.1 Å². The first kappa shape index (κ1) is 16.8. The van der Waals surface area contributed by atoms with Crippen LogP contribution in [0.1, 0.15) is 43.9 Å². The average molecular weight is 314 g/mol. The Balaban J connectivity index is 2.02. The van der Waals surface area contributed by atoms with Gasteiger partial charge in [-0.2, -0.15) is 13.2 Å². The molecule has 3 nitrogen and oxygen atoms in total. The van der Waals surface area contributed by atoms with E-state index in [4.69, 9.17) is 0 Å². The first-order valence-corrected chi connectivity index (χ1v) is 7.41. The van der Waals surface area contributed by atoms with Gasteiger partial charge in [0.05, 0.1) is 17.0 Å². The Kier molecular flexibility index (Phi) is 4.80. The summed E-state index contributed by atoms with van der Waals surface area (Å²) in [5, 5.41) is 6.11.